The highest BCUT2D eigenvalue weighted by Crippen LogP contribution is 2.04. The van der Waals surface area contributed by atoms with Crippen molar-refractivity contribution < 1.29 is 19.7 Å². The van der Waals surface area contributed by atoms with Crippen LogP contribution in [0.25, 0.3) is 0 Å². The molecule has 0 radical (unpaired) electrons. The normalized spacial score (nSPS) is 14.2. The molecule has 1 unspecified atom stereocenters. The number of carbonyl (C=O) groups excluding carboxylic acids is 1. The van der Waals surface area contributed by atoms with E-state index in [1.165, 1.54) is 6.92 Å². The maximum Gasteiger partial charge on any atom is 0.268 e. The van der Waals surface area contributed by atoms with Gasteiger partial charge in [0.1, 0.15) is 11.3 Å². The summed E-state index contributed by atoms with van der Waals surface area (Å²) < 4.78 is 6.73. The molecule has 0 aliphatic heterocycles. The highest BCUT2D eigenvalue weighted by Gasteiger charge is 2.21. The Morgan fingerprint density at radius 1 is 1.61 bits per heavy atom. The summed E-state index contributed by atoms with van der Waals surface area (Å²) in [6.07, 6.45) is 1.79. The molecule has 1 amide bonds. The number of nitrogens with zero attached hydrogens (tertiary/aromatic N) is 1. The number of amides is 1. The molecule has 1 aromatic rings. The van der Waals surface area contributed by atoms with E-state index < -0.39 is 12.2 Å². The van der Waals surface area contributed by atoms with Gasteiger partial charge in [-0.2, -0.15) is 0 Å². The van der Waals surface area contributed by atoms with Gasteiger partial charge in [-0.25, -0.2) is 0 Å². The van der Waals surface area contributed by atoms with Crippen LogP contribution in [-0.2, 0) is 11.3 Å². The standard InChI is InChI=1S/C12H20N2O4/c1-12(17,9-15)8-13-11(16)10-4-3-5-14(10)6-7-18-2/h3-5,15,17H,6-9H2,1-2H3,(H,13,16). The molecule has 1 atom stereocenters. The smallest absolute Gasteiger partial charge is 0.268 e. The van der Waals surface area contributed by atoms with Gasteiger partial charge in [-0.3, -0.25) is 4.79 Å². The summed E-state index contributed by atoms with van der Waals surface area (Å²) in [6.45, 7) is 2.15. The molecule has 0 spiro atoms. The van der Waals surface area contributed by atoms with E-state index in [0.29, 0.717) is 18.8 Å². The summed E-state index contributed by atoms with van der Waals surface area (Å²) in [4.78, 5) is 11.9. The number of aromatic nitrogens is 1. The molecule has 0 saturated heterocycles. The van der Waals surface area contributed by atoms with Crippen LogP contribution < -0.4 is 5.32 Å². The maximum absolute atomic E-state index is 11.9. The van der Waals surface area contributed by atoms with Gasteiger partial charge in [0.05, 0.1) is 13.2 Å². The molecule has 1 rings (SSSR count). The van der Waals surface area contributed by atoms with Crippen molar-refractivity contribution in [2.24, 2.45) is 0 Å². The minimum atomic E-state index is -1.31. The maximum atomic E-state index is 11.9. The van der Waals surface area contributed by atoms with Crippen molar-refractivity contribution >= 4 is 5.91 Å². The highest BCUT2D eigenvalue weighted by atomic mass is 16.5. The molecule has 0 aliphatic rings. The molecule has 0 aromatic carbocycles. The van der Waals surface area contributed by atoms with E-state index in [9.17, 15) is 9.90 Å². The Labute approximate surface area is 106 Å². The SMILES string of the molecule is COCCn1cccc1C(=O)NCC(C)(O)CO. The third kappa shape index (κ3) is 4.14. The Balaban J connectivity index is 2.59. The summed E-state index contributed by atoms with van der Waals surface area (Å²) >= 11 is 0. The van der Waals surface area contributed by atoms with Gasteiger partial charge in [-0.05, 0) is 19.1 Å². The third-order valence-corrected chi connectivity index (χ3v) is 2.57. The van der Waals surface area contributed by atoms with Gasteiger partial charge in [0.25, 0.3) is 5.91 Å². The molecule has 6 heteroatoms. The molecule has 6 nitrogen and oxygen atoms in total. The zero-order chi connectivity index (χ0) is 13.6. The number of hydrogen-bond donors (Lipinski definition) is 3. The lowest BCUT2D eigenvalue weighted by molar-refractivity contribution is 0.00312. The average Bonchev–Trinajstić information content (AvgIpc) is 2.82. The number of aliphatic hydroxyl groups is 2. The third-order valence-electron chi connectivity index (χ3n) is 2.57. The van der Waals surface area contributed by atoms with Crippen LogP contribution >= 0.6 is 0 Å². The Kier molecular flexibility index (Phi) is 5.33. The summed E-state index contributed by atoms with van der Waals surface area (Å²) in [5.74, 6) is -0.287. The van der Waals surface area contributed by atoms with Crippen molar-refractivity contribution in [2.75, 3.05) is 26.9 Å². The first-order valence-electron chi connectivity index (χ1n) is 5.75. The molecule has 1 heterocycles. The molecule has 102 valence electrons. The van der Waals surface area contributed by atoms with Crippen molar-refractivity contribution in [2.45, 2.75) is 19.1 Å². The van der Waals surface area contributed by atoms with E-state index >= 15 is 0 Å². The largest absolute Gasteiger partial charge is 0.393 e. The summed E-state index contributed by atoms with van der Waals surface area (Å²) in [6, 6.07) is 3.47. The molecule has 0 bridgehead atoms. The highest BCUT2D eigenvalue weighted by molar-refractivity contribution is 5.92. The number of rotatable bonds is 7. The van der Waals surface area contributed by atoms with Gasteiger partial charge in [0.15, 0.2) is 0 Å². The lowest BCUT2D eigenvalue weighted by atomic mass is 10.1. The molecular weight excluding hydrogens is 236 g/mol. The van der Waals surface area contributed by atoms with Gasteiger partial charge in [-0.1, -0.05) is 0 Å². The van der Waals surface area contributed by atoms with E-state index in [4.69, 9.17) is 9.84 Å². The van der Waals surface area contributed by atoms with Crippen LogP contribution in [0, 0.1) is 0 Å². The first-order valence-corrected chi connectivity index (χ1v) is 5.75. The monoisotopic (exact) mass is 256 g/mol. The number of ether oxygens (including phenoxy) is 1. The van der Waals surface area contributed by atoms with Gasteiger partial charge < -0.3 is 24.8 Å². The van der Waals surface area contributed by atoms with Crippen molar-refractivity contribution in [3.63, 3.8) is 0 Å². The van der Waals surface area contributed by atoms with E-state index in [-0.39, 0.29) is 12.5 Å². The van der Waals surface area contributed by atoms with E-state index in [1.807, 2.05) is 0 Å². The van der Waals surface area contributed by atoms with Crippen molar-refractivity contribution in [3.05, 3.63) is 24.0 Å². The van der Waals surface area contributed by atoms with Gasteiger partial charge >= 0.3 is 0 Å². The summed E-state index contributed by atoms with van der Waals surface area (Å²) in [5, 5.41) is 21.1. The second-order valence-corrected chi connectivity index (χ2v) is 4.42. The Morgan fingerprint density at radius 2 is 2.33 bits per heavy atom. The fraction of sp³-hybridized carbons (Fsp3) is 0.583. The molecule has 1 aromatic heterocycles. The lowest BCUT2D eigenvalue weighted by Gasteiger charge is -2.20. The first-order chi connectivity index (χ1) is 8.50. The summed E-state index contributed by atoms with van der Waals surface area (Å²) in [5.41, 5.74) is -0.805. The van der Waals surface area contributed by atoms with Gasteiger partial charge in [-0.15, -0.1) is 0 Å². The lowest BCUT2D eigenvalue weighted by Crippen LogP contribution is -2.43. The number of hydrogen-bond acceptors (Lipinski definition) is 4. The first kappa shape index (κ1) is 14.7. The van der Waals surface area contributed by atoms with Crippen LogP contribution in [0.3, 0.4) is 0 Å². The van der Waals surface area contributed by atoms with E-state index in [2.05, 4.69) is 5.32 Å². The van der Waals surface area contributed by atoms with Crippen LogP contribution in [0.2, 0.25) is 0 Å². The van der Waals surface area contributed by atoms with Crippen LogP contribution in [0.15, 0.2) is 18.3 Å². The minimum Gasteiger partial charge on any atom is -0.393 e. The van der Waals surface area contributed by atoms with Gasteiger partial charge in [0, 0.05) is 26.4 Å². The molecule has 0 aliphatic carbocycles. The fourth-order valence-electron chi connectivity index (χ4n) is 1.42. The van der Waals surface area contributed by atoms with Crippen LogP contribution in [0.1, 0.15) is 17.4 Å². The second kappa shape index (κ2) is 6.53. The quantitative estimate of drug-likeness (QED) is 0.620. The van der Waals surface area contributed by atoms with Gasteiger partial charge in [0.2, 0.25) is 0 Å². The predicted molar refractivity (Wildman–Crippen MR) is 66.4 cm³/mol. The van der Waals surface area contributed by atoms with Crippen LogP contribution in [0.5, 0.6) is 0 Å². The number of methoxy groups -OCH3 is 1. The molecule has 0 saturated carbocycles. The molecule has 3 N–H and O–H groups in total. The van der Waals surface area contributed by atoms with Crippen molar-refractivity contribution in [1.29, 1.82) is 0 Å². The zero-order valence-electron chi connectivity index (χ0n) is 10.7. The topological polar surface area (TPSA) is 83.7 Å². The Hall–Kier alpha value is -1.37. The average molecular weight is 256 g/mol. The number of carbonyl (C=O) groups is 1. The fourth-order valence-corrected chi connectivity index (χ4v) is 1.42. The summed E-state index contributed by atoms with van der Waals surface area (Å²) in [7, 11) is 1.60. The zero-order valence-corrected chi connectivity index (χ0v) is 10.7. The van der Waals surface area contributed by atoms with Crippen molar-refractivity contribution in [1.82, 2.24) is 9.88 Å². The molecular formula is C12H20N2O4. The second-order valence-electron chi connectivity index (χ2n) is 4.42. The minimum absolute atomic E-state index is 0.00219. The predicted octanol–water partition coefficient (Wildman–Crippen LogP) is -0.392. The van der Waals surface area contributed by atoms with Crippen LogP contribution in [0.4, 0.5) is 0 Å². The Bertz CT molecular complexity index is 387. The van der Waals surface area contributed by atoms with E-state index in [0.717, 1.165) is 0 Å². The van der Waals surface area contributed by atoms with E-state index in [1.54, 1.807) is 30.0 Å². The number of nitrogens with one attached hydrogen (secondary N) is 1. The molecule has 18 heavy (non-hydrogen) atoms. The van der Waals surface area contributed by atoms with Crippen LogP contribution in [-0.4, -0.2) is 53.2 Å². The molecule has 0 fully saturated rings. The Morgan fingerprint density at radius 3 is 2.94 bits per heavy atom. The number of aliphatic hydroxyl groups excluding tert-OH is 1. The van der Waals surface area contributed by atoms with Crippen molar-refractivity contribution in [3.8, 4) is 0 Å².